The fourth-order valence-corrected chi connectivity index (χ4v) is 3.51. The molecule has 1 amide bonds. The second kappa shape index (κ2) is 11.3. The third-order valence-electron chi connectivity index (χ3n) is 5.10. The average molecular weight is 441 g/mol. The molecule has 1 atom stereocenters. The van der Waals surface area contributed by atoms with Crippen LogP contribution in [0.15, 0.2) is 41.4 Å². The number of hydrogen-bond donors (Lipinski definition) is 3. The van der Waals surface area contributed by atoms with E-state index in [1.807, 2.05) is 13.0 Å². The molecule has 0 saturated carbocycles. The molecule has 1 unspecified atom stereocenters. The topological polar surface area (TPSA) is 93.2 Å². The number of guanidine groups is 1. The summed E-state index contributed by atoms with van der Waals surface area (Å²) >= 11 is 0. The first-order valence-corrected chi connectivity index (χ1v) is 10.9. The predicted octanol–water partition coefficient (Wildman–Crippen LogP) is 2.51. The maximum atomic E-state index is 12.2. The standard InChI is InChI=1S/C24H32N4O4/c1-5-31-21-13-18-12-16(2)32-22(18)14-19(21)15-28-24(25-3)27-11-10-26-23(29)17-6-8-20(30-4)9-7-17/h6-9,13-14,16H,5,10-12,15H2,1-4H3,(H,26,29)(H2,25,27,28). The largest absolute Gasteiger partial charge is 0.497 e. The van der Waals surface area contributed by atoms with Gasteiger partial charge in [0.05, 0.1) is 13.7 Å². The maximum Gasteiger partial charge on any atom is 0.251 e. The van der Waals surface area contributed by atoms with Crippen molar-refractivity contribution in [2.24, 2.45) is 4.99 Å². The van der Waals surface area contributed by atoms with E-state index in [0.717, 1.165) is 29.2 Å². The zero-order valence-electron chi connectivity index (χ0n) is 19.2. The first-order chi connectivity index (χ1) is 15.5. The van der Waals surface area contributed by atoms with Gasteiger partial charge in [0, 0.05) is 49.8 Å². The van der Waals surface area contributed by atoms with Gasteiger partial charge in [0.2, 0.25) is 0 Å². The highest BCUT2D eigenvalue weighted by molar-refractivity contribution is 5.94. The lowest BCUT2D eigenvalue weighted by Gasteiger charge is -2.16. The molecule has 8 nitrogen and oxygen atoms in total. The van der Waals surface area contributed by atoms with Gasteiger partial charge in [-0.15, -0.1) is 0 Å². The Morgan fingerprint density at radius 3 is 2.59 bits per heavy atom. The third kappa shape index (κ3) is 6.06. The van der Waals surface area contributed by atoms with Crippen molar-refractivity contribution >= 4 is 11.9 Å². The highest BCUT2D eigenvalue weighted by atomic mass is 16.5. The van der Waals surface area contributed by atoms with Crippen molar-refractivity contribution in [3.63, 3.8) is 0 Å². The number of carbonyl (C=O) groups is 1. The van der Waals surface area contributed by atoms with Crippen LogP contribution in [0.3, 0.4) is 0 Å². The SMILES string of the molecule is CCOc1cc2c(cc1CNC(=NC)NCCNC(=O)c1ccc(OC)cc1)OC(C)C2. The van der Waals surface area contributed by atoms with Crippen LogP contribution >= 0.6 is 0 Å². The summed E-state index contributed by atoms with van der Waals surface area (Å²) in [6, 6.07) is 11.1. The number of benzene rings is 2. The molecule has 0 bridgehead atoms. The van der Waals surface area contributed by atoms with E-state index in [2.05, 4.69) is 33.9 Å². The van der Waals surface area contributed by atoms with Gasteiger partial charge in [-0.1, -0.05) is 0 Å². The Morgan fingerprint density at radius 1 is 1.16 bits per heavy atom. The van der Waals surface area contributed by atoms with Gasteiger partial charge in [0.25, 0.3) is 5.91 Å². The van der Waals surface area contributed by atoms with E-state index in [-0.39, 0.29) is 12.0 Å². The number of methoxy groups -OCH3 is 1. The number of carbonyl (C=O) groups excluding carboxylic acids is 1. The Balaban J connectivity index is 1.48. The molecule has 8 heteroatoms. The van der Waals surface area contributed by atoms with Crippen molar-refractivity contribution in [2.45, 2.75) is 32.9 Å². The van der Waals surface area contributed by atoms with Crippen LogP contribution in [0, 0.1) is 0 Å². The number of rotatable bonds is 9. The Labute approximate surface area is 189 Å². The first-order valence-electron chi connectivity index (χ1n) is 10.9. The minimum atomic E-state index is -0.133. The summed E-state index contributed by atoms with van der Waals surface area (Å²) < 4.78 is 16.8. The molecule has 3 rings (SSSR count). The summed E-state index contributed by atoms with van der Waals surface area (Å²) in [5.41, 5.74) is 2.78. The van der Waals surface area contributed by atoms with Gasteiger partial charge >= 0.3 is 0 Å². The Hall–Kier alpha value is -3.42. The molecule has 0 spiro atoms. The van der Waals surface area contributed by atoms with Gasteiger partial charge in [-0.3, -0.25) is 9.79 Å². The van der Waals surface area contributed by atoms with Crippen molar-refractivity contribution < 1.29 is 19.0 Å². The number of fused-ring (bicyclic) bond motifs is 1. The van der Waals surface area contributed by atoms with Crippen LogP contribution in [0.5, 0.6) is 17.2 Å². The summed E-state index contributed by atoms with van der Waals surface area (Å²) in [4.78, 5) is 16.5. The molecule has 32 heavy (non-hydrogen) atoms. The quantitative estimate of drug-likeness (QED) is 0.315. The molecule has 2 aromatic rings. The van der Waals surface area contributed by atoms with Crippen molar-refractivity contribution in [1.82, 2.24) is 16.0 Å². The zero-order valence-corrected chi connectivity index (χ0v) is 19.2. The molecule has 0 aromatic heterocycles. The molecule has 0 aliphatic carbocycles. The lowest BCUT2D eigenvalue weighted by Crippen LogP contribution is -2.41. The van der Waals surface area contributed by atoms with E-state index in [1.165, 1.54) is 5.56 Å². The van der Waals surface area contributed by atoms with Crippen LogP contribution in [0.25, 0.3) is 0 Å². The Kier molecular flexibility index (Phi) is 8.19. The number of amides is 1. The molecule has 2 aromatic carbocycles. The van der Waals surface area contributed by atoms with Gasteiger partial charge in [-0.25, -0.2) is 0 Å². The van der Waals surface area contributed by atoms with Crippen molar-refractivity contribution in [3.8, 4) is 17.2 Å². The van der Waals surface area contributed by atoms with Crippen LogP contribution in [0.2, 0.25) is 0 Å². The molecule has 1 heterocycles. The fourth-order valence-electron chi connectivity index (χ4n) is 3.51. The predicted molar refractivity (Wildman–Crippen MR) is 125 cm³/mol. The van der Waals surface area contributed by atoms with E-state index in [0.29, 0.717) is 37.8 Å². The number of nitrogens with one attached hydrogen (secondary N) is 3. The molecular weight excluding hydrogens is 408 g/mol. The molecule has 0 radical (unpaired) electrons. The van der Waals surface area contributed by atoms with Crippen molar-refractivity contribution in [3.05, 3.63) is 53.1 Å². The van der Waals surface area contributed by atoms with Gasteiger partial charge in [-0.05, 0) is 50.2 Å². The van der Waals surface area contributed by atoms with E-state index in [9.17, 15) is 4.79 Å². The number of hydrogen-bond acceptors (Lipinski definition) is 5. The highest BCUT2D eigenvalue weighted by Crippen LogP contribution is 2.35. The third-order valence-corrected chi connectivity index (χ3v) is 5.10. The van der Waals surface area contributed by atoms with Crippen LogP contribution in [-0.4, -0.2) is 51.8 Å². The molecule has 172 valence electrons. The van der Waals surface area contributed by atoms with Gasteiger partial charge < -0.3 is 30.2 Å². The van der Waals surface area contributed by atoms with E-state index >= 15 is 0 Å². The second-order valence-corrected chi connectivity index (χ2v) is 7.47. The minimum Gasteiger partial charge on any atom is -0.497 e. The van der Waals surface area contributed by atoms with Crippen LogP contribution in [0.1, 0.15) is 35.3 Å². The van der Waals surface area contributed by atoms with Gasteiger partial charge in [0.1, 0.15) is 23.4 Å². The summed E-state index contributed by atoms with van der Waals surface area (Å²) in [6.07, 6.45) is 1.08. The van der Waals surface area contributed by atoms with Crippen LogP contribution in [-0.2, 0) is 13.0 Å². The first kappa shape index (κ1) is 23.2. The number of nitrogens with zero attached hydrogens (tertiary/aromatic N) is 1. The minimum absolute atomic E-state index is 0.133. The highest BCUT2D eigenvalue weighted by Gasteiger charge is 2.21. The Bertz CT molecular complexity index is 944. The normalized spacial score (nSPS) is 14.9. The molecule has 1 aliphatic rings. The second-order valence-electron chi connectivity index (χ2n) is 7.47. The molecule has 3 N–H and O–H groups in total. The summed E-state index contributed by atoms with van der Waals surface area (Å²) in [6.45, 7) is 6.17. The smallest absolute Gasteiger partial charge is 0.251 e. The van der Waals surface area contributed by atoms with E-state index in [4.69, 9.17) is 14.2 Å². The average Bonchev–Trinajstić information content (AvgIpc) is 3.17. The molecular formula is C24H32N4O4. The maximum absolute atomic E-state index is 12.2. The number of ether oxygens (including phenoxy) is 3. The lowest BCUT2D eigenvalue weighted by molar-refractivity contribution is 0.0954. The van der Waals surface area contributed by atoms with E-state index < -0.39 is 0 Å². The molecule has 0 fully saturated rings. The monoisotopic (exact) mass is 440 g/mol. The fraction of sp³-hybridized carbons (Fsp3) is 0.417. The van der Waals surface area contributed by atoms with Crippen LogP contribution in [0.4, 0.5) is 0 Å². The zero-order chi connectivity index (χ0) is 22.9. The Morgan fingerprint density at radius 2 is 1.91 bits per heavy atom. The summed E-state index contributed by atoms with van der Waals surface area (Å²) in [5.74, 6) is 3.00. The molecule has 1 aliphatic heterocycles. The van der Waals surface area contributed by atoms with Crippen LogP contribution < -0.4 is 30.2 Å². The summed E-state index contributed by atoms with van der Waals surface area (Å²) in [7, 11) is 3.31. The van der Waals surface area contributed by atoms with E-state index in [1.54, 1.807) is 38.4 Å². The van der Waals surface area contributed by atoms with Gasteiger partial charge in [-0.2, -0.15) is 0 Å². The molecule has 0 saturated heterocycles. The summed E-state index contributed by atoms with van der Waals surface area (Å²) in [5, 5.41) is 9.39. The number of aliphatic imine (C=N–C) groups is 1. The van der Waals surface area contributed by atoms with Gasteiger partial charge in [0.15, 0.2) is 5.96 Å². The lowest BCUT2D eigenvalue weighted by atomic mass is 10.1. The van der Waals surface area contributed by atoms with Crippen molar-refractivity contribution in [1.29, 1.82) is 0 Å². The van der Waals surface area contributed by atoms with Crippen molar-refractivity contribution in [2.75, 3.05) is 33.9 Å².